The van der Waals surface area contributed by atoms with E-state index in [0.717, 1.165) is 25.1 Å². The van der Waals surface area contributed by atoms with E-state index in [1.807, 2.05) is 65.6 Å². The molecule has 0 spiro atoms. The van der Waals surface area contributed by atoms with Crippen molar-refractivity contribution in [2.75, 3.05) is 19.6 Å². The Morgan fingerprint density at radius 1 is 1.13 bits per heavy atom. The Morgan fingerprint density at radius 3 is 2.39 bits per heavy atom. The van der Waals surface area contributed by atoms with Crippen LogP contribution < -0.4 is 10.5 Å². The quantitative estimate of drug-likeness (QED) is 0.923. The molecule has 1 saturated heterocycles. The van der Waals surface area contributed by atoms with Crippen molar-refractivity contribution >= 4 is 5.91 Å². The normalized spacial score (nSPS) is 18.7. The lowest BCUT2D eigenvalue weighted by atomic mass is 10.1. The molecule has 2 N–H and O–H groups in total. The van der Waals surface area contributed by atoms with E-state index in [0.29, 0.717) is 18.2 Å². The first-order chi connectivity index (χ1) is 11.3. The van der Waals surface area contributed by atoms with E-state index in [-0.39, 0.29) is 5.91 Å². The summed E-state index contributed by atoms with van der Waals surface area (Å²) in [6.07, 6.45) is 0.352. The van der Waals surface area contributed by atoms with Gasteiger partial charge in [0.1, 0.15) is 5.75 Å². The average Bonchev–Trinajstić information content (AvgIpc) is 3.10. The van der Waals surface area contributed by atoms with Gasteiger partial charge in [-0.25, -0.2) is 0 Å². The highest BCUT2D eigenvalue weighted by atomic mass is 16.5. The number of para-hydroxylation sites is 1. The van der Waals surface area contributed by atoms with Crippen molar-refractivity contribution in [3.63, 3.8) is 0 Å². The van der Waals surface area contributed by atoms with Crippen LogP contribution in [0.1, 0.15) is 18.1 Å². The second kappa shape index (κ2) is 7.29. The number of likely N-dealkylation sites (tertiary alicyclic amines) is 1. The van der Waals surface area contributed by atoms with Gasteiger partial charge in [0.2, 0.25) is 6.10 Å². The fourth-order valence-corrected chi connectivity index (χ4v) is 2.92. The molecule has 120 valence electrons. The Morgan fingerprint density at radius 2 is 1.78 bits per heavy atom. The zero-order valence-corrected chi connectivity index (χ0v) is 13.1. The number of hydrogen-bond acceptors (Lipinski definition) is 3. The number of carbonyl (C=O) groups is 1. The highest BCUT2D eigenvalue weighted by molar-refractivity contribution is 5.83. The van der Waals surface area contributed by atoms with Crippen molar-refractivity contribution < 1.29 is 9.53 Å². The third kappa shape index (κ3) is 3.71. The zero-order valence-electron chi connectivity index (χ0n) is 13.1. The van der Waals surface area contributed by atoms with Gasteiger partial charge in [0, 0.05) is 18.7 Å². The minimum absolute atomic E-state index is 0.0102. The summed E-state index contributed by atoms with van der Waals surface area (Å²) in [6.45, 7) is 2.10. The summed E-state index contributed by atoms with van der Waals surface area (Å²) in [5.41, 5.74) is 6.61. The van der Waals surface area contributed by atoms with Gasteiger partial charge >= 0.3 is 0 Å². The molecule has 1 heterocycles. The molecule has 0 aromatic heterocycles. The molecule has 2 aromatic carbocycles. The van der Waals surface area contributed by atoms with Crippen LogP contribution in [0.2, 0.25) is 0 Å². The van der Waals surface area contributed by atoms with Gasteiger partial charge in [0.25, 0.3) is 5.91 Å². The van der Waals surface area contributed by atoms with Crippen LogP contribution in [0, 0.1) is 5.92 Å². The second-order valence-electron chi connectivity index (χ2n) is 5.90. The predicted octanol–water partition coefficient (Wildman–Crippen LogP) is 2.61. The molecule has 4 nitrogen and oxygen atoms in total. The summed E-state index contributed by atoms with van der Waals surface area (Å²) in [5.74, 6) is 1.10. The summed E-state index contributed by atoms with van der Waals surface area (Å²) in [6, 6.07) is 19.1. The number of nitrogens with zero attached hydrogens (tertiary/aromatic N) is 1. The Balaban J connectivity index is 1.82. The average molecular weight is 310 g/mol. The molecule has 1 aliphatic rings. The van der Waals surface area contributed by atoms with E-state index in [2.05, 4.69) is 0 Å². The third-order valence-electron chi connectivity index (χ3n) is 4.25. The number of amides is 1. The topological polar surface area (TPSA) is 55.6 Å². The monoisotopic (exact) mass is 310 g/mol. The number of nitrogens with two attached hydrogens (primary N) is 1. The zero-order chi connectivity index (χ0) is 16.1. The van der Waals surface area contributed by atoms with E-state index < -0.39 is 6.10 Å². The van der Waals surface area contributed by atoms with E-state index in [9.17, 15) is 4.79 Å². The van der Waals surface area contributed by atoms with Gasteiger partial charge < -0.3 is 15.4 Å². The highest BCUT2D eigenvalue weighted by Gasteiger charge is 2.32. The Kier molecular flexibility index (Phi) is 4.93. The fraction of sp³-hybridized carbons (Fsp3) is 0.316. The molecule has 1 aliphatic heterocycles. The first kappa shape index (κ1) is 15.6. The van der Waals surface area contributed by atoms with Crippen LogP contribution in [0.5, 0.6) is 5.75 Å². The Hall–Kier alpha value is -2.33. The van der Waals surface area contributed by atoms with Crippen molar-refractivity contribution in [1.82, 2.24) is 4.90 Å². The molecule has 2 unspecified atom stereocenters. The summed E-state index contributed by atoms with van der Waals surface area (Å²) < 4.78 is 6.02. The van der Waals surface area contributed by atoms with Gasteiger partial charge in [0.15, 0.2) is 0 Å². The van der Waals surface area contributed by atoms with Crippen LogP contribution in [0.4, 0.5) is 0 Å². The lowest BCUT2D eigenvalue weighted by Crippen LogP contribution is -2.36. The number of hydrogen-bond donors (Lipinski definition) is 1. The fourth-order valence-electron chi connectivity index (χ4n) is 2.92. The molecular weight excluding hydrogens is 288 g/mol. The molecule has 2 atom stereocenters. The van der Waals surface area contributed by atoms with Crippen molar-refractivity contribution in [3.05, 3.63) is 66.2 Å². The summed E-state index contributed by atoms with van der Waals surface area (Å²) in [5, 5.41) is 0. The molecule has 4 heteroatoms. The molecule has 2 aromatic rings. The lowest BCUT2D eigenvalue weighted by Gasteiger charge is -2.24. The number of carbonyl (C=O) groups excluding carboxylic acids is 1. The number of benzene rings is 2. The van der Waals surface area contributed by atoms with Crippen molar-refractivity contribution in [2.45, 2.75) is 12.5 Å². The van der Waals surface area contributed by atoms with E-state index in [4.69, 9.17) is 10.5 Å². The summed E-state index contributed by atoms with van der Waals surface area (Å²) in [7, 11) is 0. The first-order valence-electron chi connectivity index (χ1n) is 8.03. The molecule has 1 amide bonds. The van der Waals surface area contributed by atoms with Crippen molar-refractivity contribution in [2.24, 2.45) is 11.7 Å². The maximum absolute atomic E-state index is 13.0. The van der Waals surface area contributed by atoms with Gasteiger partial charge in [-0.2, -0.15) is 0 Å². The number of rotatable bonds is 5. The lowest BCUT2D eigenvalue weighted by molar-refractivity contribution is -0.138. The standard InChI is InChI=1S/C19H22N2O2/c20-13-15-11-12-21(14-15)19(22)18(16-7-3-1-4-8-16)23-17-9-5-2-6-10-17/h1-10,15,18H,11-14,20H2. The van der Waals surface area contributed by atoms with Crippen LogP contribution in [-0.2, 0) is 4.79 Å². The third-order valence-corrected chi connectivity index (χ3v) is 4.25. The largest absolute Gasteiger partial charge is 0.476 e. The van der Waals surface area contributed by atoms with Crippen LogP contribution in [-0.4, -0.2) is 30.4 Å². The van der Waals surface area contributed by atoms with Crippen LogP contribution in [0.25, 0.3) is 0 Å². The van der Waals surface area contributed by atoms with Gasteiger partial charge in [-0.15, -0.1) is 0 Å². The van der Waals surface area contributed by atoms with E-state index >= 15 is 0 Å². The van der Waals surface area contributed by atoms with Gasteiger partial charge in [-0.3, -0.25) is 4.79 Å². The van der Waals surface area contributed by atoms with Crippen LogP contribution in [0.3, 0.4) is 0 Å². The van der Waals surface area contributed by atoms with E-state index in [1.54, 1.807) is 0 Å². The Bertz CT molecular complexity index is 630. The SMILES string of the molecule is NCC1CCN(C(=O)C(Oc2ccccc2)c2ccccc2)C1. The maximum atomic E-state index is 13.0. The summed E-state index contributed by atoms with van der Waals surface area (Å²) >= 11 is 0. The molecular formula is C19H22N2O2. The van der Waals surface area contributed by atoms with Gasteiger partial charge in [-0.05, 0) is 31.0 Å². The number of ether oxygens (including phenoxy) is 1. The minimum Gasteiger partial charge on any atom is -0.476 e. The molecule has 0 radical (unpaired) electrons. The molecule has 0 aliphatic carbocycles. The molecule has 0 bridgehead atoms. The molecule has 3 rings (SSSR count). The summed E-state index contributed by atoms with van der Waals surface area (Å²) in [4.78, 5) is 14.8. The smallest absolute Gasteiger partial charge is 0.268 e. The molecule has 23 heavy (non-hydrogen) atoms. The van der Waals surface area contributed by atoms with Crippen molar-refractivity contribution in [3.8, 4) is 5.75 Å². The predicted molar refractivity (Wildman–Crippen MR) is 90.0 cm³/mol. The molecule has 1 fully saturated rings. The second-order valence-corrected chi connectivity index (χ2v) is 5.90. The van der Waals surface area contributed by atoms with Gasteiger partial charge in [-0.1, -0.05) is 48.5 Å². The highest BCUT2D eigenvalue weighted by Crippen LogP contribution is 2.26. The Labute approximate surface area is 136 Å². The van der Waals surface area contributed by atoms with Crippen LogP contribution >= 0.6 is 0 Å². The minimum atomic E-state index is -0.616. The van der Waals surface area contributed by atoms with E-state index in [1.165, 1.54) is 0 Å². The first-order valence-corrected chi connectivity index (χ1v) is 8.03. The maximum Gasteiger partial charge on any atom is 0.268 e. The van der Waals surface area contributed by atoms with Crippen LogP contribution in [0.15, 0.2) is 60.7 Å². The van der Waals surface area contributed by atoms with Crippen molar-refractivity contribution in [1.29, 1.82) is 0 Å². The molecule has 0 saturated carbocycles. The van der Waals surface area contributed by atoms with Gasteiger partial charge in [0.05, 0.1) is 0 Å².